The Balaban J connectivity index is 1.64. The first-order valence-electron chi connectivity index (χ1n) is 6.61. The lowest BCUT2D eigenvalue weighted by Gasteiger charge is -2.35. The number of thiazole rings is 1. The Kier molecular flexibility index (Phi) is 3.87. The largest absolute Gasteiger partial charge is 0.409 e. The van der Waals surface area contributed by atoms with E-state index in [0.717, 1.165) is 37.1 Å². The Labute approximate surface area is 126 Å². The molecule has 1 aliphatic rings. The van der Waals surface area contributed by atoms with E-state index >= 15 is 0 Å². The van der Waals surface area contributed by atoms with Gasteiger partial charge < -0.3 is 20.7 Å². The zero-order chi connectivity index (χ0) is 14.7. The SMILES string of the molecule is N/C(=N\O)c1ccc(N2CCN(c3nccs3)CC2)nc1. The number of aromatic nitrogens is 2. The van der Waals surface area contributed by atoms with Crippen LogP contribution in [0.2, 0.25) is 0 Å². The molecule has 3 rings (SSSR count). The van der Waals surface area contributed by atoms with Crippen LogP contribution in [-0.4, -0.2) is 47.2 Å². The van der Waals surface area contributed by atoms with Gasteiger partial charge >= 0.3 is 0 Å². The number of pyridine rings is 1. The van der Waals surface area contributed by atoms with Crippen LogP contribution in [0.4, 0.5) is 10.9 Å². The normalized spacial score (nSPS) is 16.3. The summed E-state index contributed by atoms with van der Waals surface area (Å²) >= 11 is 1.66. The van der Waals surface area contributed by atoms with Crippen molar-refractivity contribution in [2.75, 3.05) is 36.0 Å². The van der Waals surface area contributed by atoms with Gasteiger partial charge in [-0.05, 0) is 12.1 Å². The first-order chi connectivity index (χ1) is 10.3. The smallest absolute Gasteiger partial charge is 0.185 e. The molecule has 0 amide bonds. The third-order valence-corrected chi connectivity index (χ3v) is 4.28. The molecule has 110 valence electrons. The molecule has 7 nitrogen and oxygen atoms in total. The summed E-state index contributed by atoms with van der Waals surface area (Å²) in [5, 5.41) is 14.7. The summed E-state index contributed by atoms with van der Waals surface area (Å²) < 4.78 is 0. The van der Waals surface area contributed by atoms with Crippen molar-refractivity contribution in [1.29, 1.82) is 0 Å². The molecule has 1 aliphatic heterocycles. The summed E-state index contributed by atoms with van der Waals surface area (Å²) in [7, 11) is 0. The van der Waals surface area contributed by atoms with Gasteiger partial charge in [0.2, 0.25) is 0 Å². The van der Waals surface area contributed by atoms with Crippen molar-refractivity contribution >= 4 is 28.1 Å². The molecule has 0 unspecified atom stereocenters. The summed E-state index contributed by atoms with van der Waals surface area (Å²) in [6.07, 6.45) is 3.46. The predicted octanol–water partition coefficient (Wildman–Crippen LogP) is 0.959. The highest BCUT2D eigenvalue weighted by Crippen LogP contribution is 2.21. The molecule has 0 spiro atoms. The first-order valence-corrected chi connectivity index (χ1v) is 7.49. The van der Waals surface area contributed by atoms with Gasteiger partial charge in [0, 0.05) is 49.5 Å². The van der Waals surface area contributed by atoms with Crippen LogP contribution >= 0.6 is 11.3 Å². The van der Waals surface area contributed by atoms with Crippen molar-refractivity contribution in [3.05, 3.63) is 35.5 Å². The second-order valence-corrected chi connectivity index (χ2v) is 5.55. The van der Waals surface area contributed by atoms with E-state index in [1.54, 1.807) is 17.5 Å². The molecular weight excluding hydrogens is 288 g/mol. The molecule has 0 atom stereocenters. The summed E-state index contributed by atoms with van der Waals surface area (Å²) in [4.78, 5) is 13.2. The Bertz CT molecular complexity index is 604. The van der Waals surface area contributed by atoms with E-state index < -0.39 is 0 Å². The Morgan fingerprint density at radius 2 is 1.95 bits per heavy atom. The van der Waals surface area contributed by atoms with Gasteiger partial charge in [-0.25, -0.2) is 9.97 Å². The van der Waals surface area contributed by atoms with Crippen LogP contribution < -0.4 is 15.5 Å². The summed E-state index contributed by atoms with van der Waals surface area (Å²) in [5.74, 6) is 0.978. The molecule has 0 aromatic carbocycles. The summed E-state index contributed by atoms with van der Waals surface area (Å²) in [6, 6.07) is 3.71. The van der Waals surface area contributed by atoms with Crippen molar-refractivity contribution in [2.45, 2.75) is 0 Å². The highest BCUT2D eigenvalue weighted by atomic mass is 32.1. The number of oxime groups is 1. The molecule has 2 aromatic rings. The molecule has 3 heterocycles. The van der Waals surface area contributed by atoms with E-state index in [4.69, 9.17) is 10.9 Å². The number of nitrogens with zero attached hydrogens (tertiary/aromatic N) is 5. The number of piperazine rings is 1. The summed E-state index contributed by atoms with van der Waals surface area (Å²) in [5.41, 5.74) is 6.14. The van der Waals surface area contributed by atoms with Crippen molar-refractivity contribution in [3.63, 3.8) is 0 Å². The van der Waals surface area contributed by atoms with Gasteiger partial charge in [-0.1, -0.05) is 5.16 Å². The molecule has 1 fully saturated rings. The molecule has 3 N–H and O–H groups in total. The number of hydrogen-bond acceptors (Lipinski definition) is 7. The van der Waals surface area contributed by atoms with Crippen molar-refractivity contribution in [1.82, 2.24) is 9.97 Å². The topological polar surface area (TPSA) is 90.9 Å². The number of rotatable bonds is 3. The minimum atomic E-state index is 0.0719. The average Bonchev–Trinajstić information content (AvgIpc) is 3.09. The summed E-state index contributed by atoms with van der Waals surface area (Å²) in [6.45, 7) is 3.65. The van der Waals surface area contributed by atoms with E-state index in [-0.39, 0.29) is 5.84 Å². The van der Waals surface area contributed by atoms with Crippen LogP contribution in [0.5, 0.6) is 0 Å². The Morgan fingerprint density at radius 3 is 2.52 bits per heavy atom. The van der Waals surface area contributed by atoms with Crippen LogP contribution in [0.3, 0.4) is 0 Å². The van der Waals surface area contributed by atoms with Crippen LogP contribution in [-0.2, 0) is 0 Å². The fraction of sp³-hybridized carbons (Fsp3) is 0.308. The predicted molar refractivity (Wildman–Crippen MR) is 83.3 cm³/mol. The molecule has 0 radical (unpaired) electrons. The molecule has 0 saturated carbocycles. The molecule has 0 aliphatic carbocycles. The molecule has 0 bridgehead atoms. The number of anilines is 2. The Hall–Kier alpha value is -2.35. The van der Waals surface area contributed by atoms with Gasteiger partial charge in [-0.3, -0.25) is 0 Å². The highest BCUT2D eigenvalue weighted by molar-refractivity contribution is 7.13. The van der Waals surface area contributed by atoms with Gasteiger partial charge in [0.15, 0.2) is 11.0 Å². The van der Waals surface area contributed by atoms with Gasteiger partial charge in [0.05, 0.1) is 0 Å². The van der Waals surface area contributed by atoms with Crippen molar-refractivity contribution < 1.29 is 5.21 Å². The molecule has 2 aromatic heterocycles. The molecule has 8 heteroatoms. The van der Waals surface area contributed by atoms with Gasteiger partial charge in [-0.2, -0.15) is 0 Å². The standard InChI is InChI=1S/C13H16N6OS/c14-12(17-20)10-1-2-11(16-9-10)18-4-6-19(7-5-18)13-15-3-8-21-13/h1-3,8-9,20H,4-7H2,(H2,14,17). The van der Waals surface area contributed by atoms with E-state index in [9.17, 15) is 0 Å². The first kappa shape index (κ1) is 13.6. The van der Waals surface area contributed by atoms with Crippen LogP contribution in [0, 0.1) is 0 Å². The Morgan fingerprint density at radius 1 is 1.19 bits per heavy atom. The van der Waals surface area contributed by atoms with Gasteiger partial charge in [-0.15, -0.1) is 11.3 Å². The van der Waals surface area contributed by atoms with Crippen molar-refractivity contribution in [3.8, 4) is 0 Å². The minimum Gasteiger partial charge on any atom is -0.409 e. The maximum atomic E-state index is 8.64. The molecule has 21 heavy (non-hydrogen) atoms. The quantitative estimate of drug-likeness (QED) is 0.380. The average molecular weight is 304 g/mol. The lowest BCUT2D eigenvalue weighted by molar-refractivity contribution is 0.318. The minimum absolute atomic E-state index is 0.0719. The van der Waals surface area contributed by atoms with Gasteiger partial charge in [0.25, 0.3) is 0 Å². The third kappa shape index (κ3) is 2.89. The van der Waals surface area contributed by atoms with E-state index in [1.165, 1.54) is 0 Å². The van der Waals surface area contributed by atoms with E-state index in [2.05, 4.69) is 24.9 Å². The number of nitrogens with two attached hydrogens (primary N) is 1. The third-order valence-electron chi connectivity index (χ3n) is 3.44. The van der Waals surface area contributed by atoms with Crippen LogP contribution in [0.25, 0.3) is 0 Å². The van der Waals surface area contributed by atoms with Crippen LogP contribution in [0.1, 0.15) is 5.56 Å². The van der Waals surface area contributed by atoms with E-state index in [0.29, 0.717) is 5.56 Å². The zero-order valence-corrected chi connectivity index (χ0v) is 12.2. The van der Waals surface area contributed by atoms with Crippen molar-refractivity contribution in [2.24, 2.45) is 10.9 Å². The monoisotopic (exact) mass is 304 g/mol. The maximum Gasteiger partial charge on any atom is 0.185 e. The fourth-order valence-corrected chi connectivity index (χ4v) is 2.98. The lowest BCUT2D eigenvalue weighted by atomic mass is 10.2. The van der Waals surface area contributed by atoms with Gasteiger partial charge in [0.1, 0.15) is 5.82 Å². The maximum absolute atomic E-state index is 8.64. The molecular formula is C13H16N6OS. The number of amidine groups is 1. The highest BCUT2D eigenvalue weighted by Gasteiger charge is 2.19. The zero-order valence-electron chi connectivity index (χ0n) is 11.4. The fourth-order valence-electron chi connectivity index (χ4n) is 2.28. The second kappa shape index (κ2) is 5.96. The lowest BCUT2D eigenvalue weighted by Crippen LogP contribution is -2.46. The second-order valence-electron chi connectivity index (χ2n) is 4.68. The molecule has 1 saturated heterocycles. The number of hydrogen-bond donors (Lipinski definition) is 2. The van der Waals surface area contributed by atoms with Crippen LogP contribution in [0.15, 0.2) is 35.1 Å². The van der Waals surface area contributed by atoms with E-state index in [1.807, 2.05) is 23.7 Å².